The molecule has 1 aromatic heterocycles. The third-order valence-corrected chi connectivity index (χ3v) is 16.2. The largest absolute Gasteiger partial charge is 0.310 e. The zero-order chi connectivity index (χ0) is 41.3. The van der Waals surface area contributed by atoms with E-state index in [0.29, 0.717) is 0 Å². The van der Waals surface area contributed by atoms with Gasteiger partial charge in [-0.05, 0) is 154 Å². The van der Waals surface area contributed by atoms with Crippen molar-refractivity contribution >= 4 is 49.6 Å². The summed E-state index contributed by atoms with van der Waals surface area (Å²) in [7, 11) is 0. The van der Waals surface area contributed by atoms with E-state index >= 15 is 0 Å². The van der Waals surface area contributed by atoms with E-state index < -0.39 is 0 Å². The predicted octanol–water partition coefficient (Wildman–Crippen LogP) is 16.1. The fraction of sp³-hybridized carbons (Fsp3) is 0.233. The van der Waals surface area contributed by atoms with E-state index in [1.165, 1.54) is 121 Å². The lowest BCUT2D eigenvalue weighted by Gasteiger charge is -2.43. The molecular formula is C60H52N2. The van der Waals surface area contributed by atoms with Crippen LogP contribution in [0.3, 0.4) is 0 Å². The highest BCUT2D eigenvalue weighted by Gasteiger charge is 2.57. The van der Waals surface area contributed by atoms with Crippen LogP contribution in [0.2, 0.25) is 0 Å². The molecule has 0 saturated heterocycles. The average Bonchev–Trinajstić information content (AvgIpc) is 3.85. The lowest BCUT2D eigenvalue weighted by Crippen LogP contribution is -2.34. The zero-order valence-electron chi connectivity index (χ0n) is 36.0. The molecule has 0 amide bonds. The predicted molar refractivity (Wildman–Crippen MR) is 260 cm³/mol. The third-order valence-electron chi connectivity index (χ3n) is 16.2. The van der Waals surface area contributed by atoms with Gasteiger partial charge in [0.15, 0.2) is 0 Å². The molecule has 3 unspecified atom stereocenters. The van der Waals surface area contributed by atoms with E-state index in [1.807, 2.05) is 0 Å². The van der Waals surface area contributed by atoms with E-state index in [2.05, 4.69) is 206 Å². The minimum atomic E-state index is -0.0836. The quantitative estimate of drug-likeness (QED) is 0.163. The first kappa shape index (κ1) is 36.3. The van der Waals surface area contributed by atoms with Gasteiger partial charge >= 0.3 is 0 Å². The van der Waals surface area contributed by atoms with Gasteiger partial charge in [-0.3, -0.25) is 0 Å². The molecule has 9 aromatic rings. The molecule has 0 N–H and O–H groups in total. The maximum absolute atomic E-state index is 2.61. The van der Waals surface area contributed by atoms with E-state index in [-0.39, 0.29) is 10.8 Å². The van der Waals surface area contributed by atoms with Crippen molar-refractivity contribution in [2.75, 3.05) is 4.90 Å². The van der Waals surface area contributed by atoms with Crippen molar-refractivity contribution in [2.45, 2.75) is 63.7 Å². The van der Waals surface area contributed by atoms with Gasteiger partial charge in [0.25, 0.3) is 0 Å². The summed E-state index contributed by atoms with van der Waals surface area (Å²) in [6, 6.07) is 66.7. The summed E-state index contributed by atoms with van der Waals surface area (Å²) in [5.41, 5.74) is 17.2. The fourth-order valence-electron chi connectivity index (χ4n) is 13.6. The van der Waals surface area contributed by atoms with Gasteiger partial charge in [0, 0.05) is 44.3 Å². The van der Waals surface area contributed by atoms with Gasteiger partial charge < -0.3 is 9.47 Å². The molecule has 1 heterocycles. The normalized spacial score (nSPS) is 23.0. The van der Waals surface area contributed by atoms with E-state index in [0.717, 1.165) is 23.7 Å². The monoisotopic (exact) mass is 800 g/mol. The molecule has 4 aliphatic rings. The number of para-hydroxylation sites is 2. The summed E-state index contributed by atoms with van der Waals surface area (Å²) in [6.07, 6.45) is 6.84. The molecule has 3 saturated carbocycles. The minimum absolute atomic E-state index is 0.0836. The van der Waals surface area contributed by atoms with Gasteiger partial charge in [-0.25, -0.2) is 0 Å². The van der Waals surface area contributed by atoms with Crippen LogP contribution in [0.4, 0.5) is 17.1 Å². The summed E-state index contributed by atoms with van der Waals surface area (Å²) in [5.74, 6) is 3.48. The third kappa shape index (κ3) is 5.22. The first-order valence-corrected chi connectivity index (χ1v) is 23.1. The van der Waals surface area contributed by atoms with Gasteiger partial charge in [0.1, 0.15) is 0 Å². The van der Waals surface area contributed by atoms with Gasteiger partial charge in [0.2, 0.25) is 0 Å². The smallest absolute Gasteiger partial charge is 0.0619 e. The van der Waals surface area contributed by atoms with Crippen molar-refractivity contribution in [1.82, 2.24) is 4.57 Å². The van der Waals surface area contributed by atoms with Gasteiger partial charge in [0.05, 0.1) is 11.0 Å². The van der Waals surface area contributed by atoms with Crippen molar-refractivity contribution in [2.24, 2.45) is 23.7 Å². The SMILES string of the molecule is C[C@H]1CC2C[C@H]3CC(c4ccccc4N(c4ccc(-c5cccc(-n6c7ccccc7c7ccc8ccccc8c76)c5)cc4)c4ccc5c(c4)C(C)(C)c4ccccc4-5)(CC23)C1. The Labute approximate surface area is 365 Å². The molecule has 0 radical (unpaired) electrons. The van der Waals surface area contributed by atoms with Crippen LogP contribution in [0.15, 0.2) is 176 Å². The molecule has 13 rings (SSSR count). The molecule has 302 valence electrons. The Kier molecular flexibility index (Phi) is 7.79. The molecule has 2 heteroatoms. The summed E-state index contributed by atoms with van der Waals surface area (Å²) in [4.78, 5) is 2.61. The number of nitrogens with zero attached hydrogens (tertiary/aromatic N) is 2. The highest BCUT2D eigenvalue weighted by Crippen LogP contribution is 2.66. The number of hydrogen-bond donors (Lipinski definition) is 0. The molecular weight excluding hydrogens is 749 g/mol. The molecule has 3 fully saturated rings. The van der Waals surface area contributed by atoms with Crippen LogP contribution in [0, 0.1) is 23.7 Å². The molecule has 0 spiro atoms. The summed E-state index contributed by atoms with van der Waals surface area (Å²) < 4.78 is 2.47. The van der Waals surface area contributed by atoms with Crippen LogP contribution in [0.25, 0.3) is 60.5 Å². The lowest BCUT2D eigenvalue weighted by atomic mass is 9.62. The number of rotatable bonds is 6. The van der Waals surface area contributed by atoms with E-state index in [1.54, 1.807) is 5.56 Å². The maximum Gasteiger partial charge on any atom is 0.0619 e. The molecule has 2 nitrogen and oxygen atoms in total. The topological polar surface area (TPSA) is 8.17 Å². The first-order valence-electron chi connectivity index (χ1n) is 23.1. The van der Waals surface area contributed by atoms with Crippen LogP contribution in [-0.4, -0.2) is 4.57 Å². The Morgan fingerprint density at radius 2 is 1.26 bits per heavy atom. The van der Waals surface area contributed by atoms with Gasteiger partial charge in [-0.2, -0.15) is 0 Å². The fourth-order valence-corrected chi connectivity index (χ4v) is 13.6. The Morgan fingerprint density at radius 1 is 0.516 bits per heavy atom. The average molecular weight is 801 g/mol. The Bertz CT molecular complexity index is 3250. The number of hydrogen-bond acceptors (Lipinski definition) is 1. The maximum atomic E-state index is 2.61. The number of aromatic nitrogens is 1. The lowest BCUT2D eigenvalue weighted by molar-refractivity contribution is 0.0780. The summed E-state index contributed by atoms with van der Waals surface area (Å²) in [5, 5.41) is 5.11. The van der Waals surface area contributed by atoms with E-state index in [4.69, 9.17) is 0 Å². The standard InChI is InChI=1S/C60H52N2/c1-38-31-42-32-43-36-60(35-38,37-52(42)43)54-20-9-11-22-57(54)61(46-28-30-49-48-17-6-8-19-53(48)59(2,3)55(49)34-46)44-26-23-39(24-27-44)41-14-12-15-45(33-41)62-56-21-10-7-18-50(56)51-29-25-40-13-4-5-16-47(40)58(51)62/h4-30,33-34,38,42-43,52H,31-32,35-37H2,1-3H3/t38-,42?,43-,52?,60?/m0/s1. The van der Waals surface area contributed by atoms with Crippen LogP contribution in [0.5, 0.6) is 0 Å². The van der Waals surface area contributed by atoms with Crippen molar-refractivity contribution in [3.8, 4) is 27.9 Å². The van der Waals surface area contributed by atoms with Gasteiger partial charge in [-0.1, -0.05) is 148 Å². The van der Waals surface area contributed by atoms with Crippen molar-refractivity contribution in [1.29, 1.82) is 0 Å². The Hall–Kier alpha value is -6.38. The second-order valence-corrected chi connectivity index (χ2v) is 20.0. The minimum Gasteiger partial charge on any atom is -0.310 e. The second-order valence-electron chi connectivity index (χ2n) is 20.0. The molecule has 5 atom stereocenters. The molecule has 2 bridgehead atoms. The number of benzene rings is 8. The molecule has 62 heavy (non-hydrogen) atoms. The van der Waals surface area contributed by atoms with Crippen LogP contribution in [0.1, 0.15) is 69.6 Å². The van der Waals surface area contributed by atoms with Crippen molar-refractivity contribution < 1.29 is 0 Å². The Morgan fingerprint density at radius 3 is 2.15 bits per heavy atom. The summed E-state index contributed by atoms with van der Waals surface area (Å²) >= 11 is 0. The second kappa shape index (κ2) is 13.3. The first-order chi connectivity index (χ1) is 30.3. The van der Waals surface area contributed by atoms with Crippen molar-refractivity contribution in [3.63, 3.8) is 0 Å². The summed E-state index contributed by atoms with van der Waals surface area (Å²) in [6.45, 7) is 7.34. The Balaban J connectivity index is 0.950. The van der Waals surface area contributed by atoms with Crippen molar-refractivity contribution in [3.05, 3.63) is 193 Å². The zero-order valence-corrected chi connectivity index (χ0v) is 36.0. The van der Waals surface area contributed by atoms with Crippen LogP contribution >= 0.6 is 0 Å². The highest BCUT2D eigenvalue weighted by atomic mass is 15.1. The van der Waals surface area contributed by atoms with Gasteiger partial charge in [-0.15, -0.1) is 0 Å². The van der Waals surface area contributed by atoms with Crippen LogP contribution < -0.4 is 4.90 Å². The van der Waals surface area contributed by atoms with E-state index in [9.17, 15) is 0 Å². The number of fused-ring (bicyclic) bond motifs is 9. The number of anilines is 3. The molecule has 0 aliphatic heterocycles. The molecule has 4 aliphatic carbocycles. The van der Waals surface area contributed by atoms with Crippen LogP contribution in [-0.2, 0) is 10.8 Å². The molecule has 8 aromatic carbocycles. The highest BCUT2D eigenvalue weighted by molar-refractivity contribution is 6.18.